The molecule has 0 N–H and O–H groups in total. The highest BCUT2D eigenvalue weighted by Crippen LogP contribution is 2.16. The second-order valence-corrected chi connectivity index (χ2v) is 8.20. The highest BCUT2D eigenvalue weighted by Gasteiger charge is 2.30. The van der Waals surface area contributed by atoms with Crippen molar-refractivity contribution in [2.75, 3.05) is 19.8 Å². The van der Waals surface area contributed by atoms with Gasteiger partial charge in [-0.05, 0) is 50.6 Å². The van der Waals surface area contributed by atoms with Gasteiger partial charge in [-0.1, -0.05) is 0 Å². The summed E-state index contributed by atoms with van der Waals surface area (Å²) < 4.78 is 16.7. The van der Waals surface area contributed by atoms with E-state index < -0.39 is 8.56 Å². The largest absolute Gasteiger partial charge is 0.465 e. The molecule has 0 aliphatic carbocycles. The van der Waals surface area contributed by atoms with E-state index in [1.807, 2.05) is 26.0 Å². The SMILES string of the molecule is CCO[Si](C)(CCCOC(=O)Cc1ccncc1)OCC. The number of nitrogens with zero attached hydrogens (tertiary/aromatic N) is 1. The van der Waals surface area contributed by atoms with E-state index in [0.717, 1.165) is 18.0 Å². The number of carbonyl (C=O) groups excluding carboxylic acids is 1. The smallest absolute Gasteiger partial charge is 0.335 e. The van der Waals surface area contributed by atoms with Crippen LogP contribution in [-0.2, 0) is 24.8 Å². The summed E-state index contributed by atoms with van der Waals surface area (Å²) in [4.78, 5) is 15.6. The molecule has 118 valence electrons. The zero-order chi connectivity index (χ0) is 15.6. The summed E-state index contributed by atoms with van der Waals surface area (Å²) in [7, 11) is -2.10. The zero-order valence-corrected chi connectivity index (χ0v) is 14.1. The molecule has 0 aromatic carbocycles. The Morgan fingerprint density at radius 1 is 1.19 bits per heavy atom. The molecule has 6 heteroatoms. The third-order valence-corrected chi connectivity index (χ3v) is 6.10. The van der Waals surface area contributed by atoms with Gasteiger partial charge >= 0.3 is 14.5 Å². The number of hydrogen-bond donors (Lipinski definition) is 0. The van der Waals surface area contributed by atoms with Gasteiger partial charge in [0, 0.05) is 25.6 Å². The maximum absolute atomic E-state index is 11.7. The minimum absolute atomic E-state index is 0.211. The fourth-order valence-electron chi connectivity index (χ4n) is 2.09. The molecule has 1 heterocycles. The summed E-state index contributed by atoms with van der Waals surface area (Å²) in [6.07, 6.45) is 4.40. The van der Waals surface area contributed by atoms with Gasteiger partial charge in [0.2, 0.25) is 0 Å². The Bertz CT molecular complexity index is 407. The van der Waals surface area contributed by atoms with E-state index in [2.05, 4.69) is 11.5 Å². The lowest BCUT2D eigenvalue weighted by Gasteiger charge is -2.25. The minimum Gasteiger partial charge on any atom is -0.465 e. The standard InChI is InChI=1S/C15H25NO4Si/c1-4-19-21(3,20-5-2)12-6-11-18-15(17)13-14-7-9-16-10-8-14/h7-10H,4-6,11-13H2,1-3H3. The van der Waals surface area contributed by atoms with Gasteiger partial charge in [0.05, 0.1) is 13.0 Å². The third-order valence-electron chi connectivity index (χ3n) is 3.04. The quantitative estimate of drug-likeness (QED) is 0.378. The molecule has 0 saturated heterocycles. The molecular weight excluding hydrogens is 286 g/mol. The predicted octanol–water partition coefficient (Wildman–Crippen LogP) is 2.70. The lowest BCUT2D eigenvalue weighted by atomic mass is 10.2. The summed E-state index contributed by atoms with van der Waals surface area (Å²) in [6, 6.07) is 4.46. The van der Waals surface area contributed by atoms with Crippen LogP contribution in [0.5, 0.6) is 0 Å². The Morgan fingerprint density at radius 2 is 1.81 bits per heavy atom. The van der Waals surface area contributed by atoms with Gasteiger partial charge in [0.15, 0.2) is 0 Å². The number of ether oxygens (including phenoxy) is 1. The summed E-state index contributed by atoms with van der Waals surface area (Å²) in [5.74, 6) is -0.211. The van der Waals surface area contributed by atoms with Crippen LogP contribution in [0.15, 0.2) is 24.5 Å². The normalized spacial score (nSPS) is 11.4. The molecule has 0 saturated carbocycles. The first-order chi connectivity index (χ1) is 10.1. The highest BCUT2D eigenvalue weighted by molar-refractivity contribution is 6.66. The summed E-state index contributed by atoms with van der Waals surface area (Å²) in [5.41, 5.74) is 0.915. The van der Waals surface area contributed by atoms with E-state index in [-0.39, 0.29) is 12.4 Å². The molecule has 1 aromatic heterocycles. The maximum atomic E-state index is 11.7. The van der Waals surface area contributed by atoms with E-state index in [9.17, 15) is 4.79 Å². The molecule has 0 fully saturated rings. The van der Waals surface area contributed by atoms with Crippen LogP contribution in [0, 0.1) is 0 Å². The topological polar surface area (TPSA) is 57.7 Å². The van der Waals surface area contributed by atoms with Crippen molar-refractivity contribution in [2.45, 2.75) is 39.3 Å². The Morgan fingerprint density at radius 3 is 2.38 bits per heavy atom. The Labute approximate surface area is 127 Å². The molecular formula is C15H25NO4Si. The number of carbonyl (C=O) groups is 1. The van der Waals surface area contributed by atoms with Crippen molar-refractivity contribution >= 4 is 14.5 Å². The zero-order valence-electron chi connectivity index (χ0n) is 13.1. The van der Waals surface area contributed by atoms with Crippen LogP contribution in [0.3, 0.4) is 0 Å². The molecule has 5 nitrogen and oxygen atoms in total. The van der Waals surface area contributed by atoms with Gasteiger partial charge in [-0.15, -0.1) is 0 Å². The van der Waals surface area contributed by atoms with Gasteiger partial charge in [-0.2, -0.15) is 0 Å². The van der Waals surface area contributed by atoms with E-state index in [1.54, 1.807) is 12.4 Å². The van der Waals surface area contributed by atoms with Crippen LogP contribution in [0.4, 0.5) is 0 Å². The molecule has 0 amide bonds. The van der Waals surface area contributed by atoms with Crippen molar-refractivity contribution in [3.63, 3.8) is 0 Å². The van der Waals surface area contributed by atoms with Gasteiger partial charge in [0.1, 0.15) is 0 Å². The monoisotopic (exact) mass is 311 g/mol. The van der Waals surface area contributed by atoms with Crippen LogP contribution < -0.4 is 0 Å². The van der Waals surface area contributed by atoms with Gasteiger partial charge in [-0.25, -0.2) is 0 Å². The molecule has 0 bridgehead atoms. The van der Waals surface area contributed by atoms with Crippen LogP contribution in [-0.4, -0.2) is 39.3 Å². The lowest BCUT2D eigenvalue weighted by Crippen LogP contribution is -2.38. The predicted molar refractivity (Wildman–Crippen MR) is 83.2 cm³/mol. The number of aromatic nitrogens is 1. The second-order valence-electron chi connectivity index (χ2n) is 4.86. The maximum Gasteiger partial charge on any atom is 0.335 e. The van der Waals surface area contributed by atoms with Gasteiger partial charge < -0.3 is 13.6 Å². The van der Waals surface area contributed by atoms with Crippen LogP contribution >= 0.6 is 0 Å². The van der Waals surface area contributed by atoms with E-state index in [1.165, 1.54) is 0 Å². The summed E-state index contributed by atoms with van der Waals surface area (Å²) in [5, 5.41) is 0. The Balaban J connectivity index is 2.25. The van der Waals surface area contributed by atoms with Crippen molar-refractivity contribution in [3.05, 3.63) is 30.1 Å². The van der Waals surface area contributed by atoms with Crippen molar-refractivity contribution in [3.8, 4) is 0 Å². The van der Waals surface area contributed by atoms with Crippen LogP contribution in [0.25, 0.3) is 0 Å². The second kappa shape index (κ2) is 9.65. The first-order valence-corrected chi connectivity index (χ1v) is 9.94. The Kier molecular flexibility index (Phi) is 8.18. The van der Waals surface area contributed by atoms with Gasteiger partial charge in [-0.3, -0.25) is 9.78 Å². The first kappa shape index (κ1) is 17.8. The lowest BCUT2D eigenvalue weighted by molar-refractivity contribution is -0.142. The molecule has 0 radical (unpaired) electrons. The van der Waals surface area contributed by atoms with Crippen molar-refractivity contribution in [2.24, 2.45) is 0 Å². The first-order valence-electron chi connectivity index (χ1n) is 7.42. The number of rotatable bonds is 10. The molecule has 0 aliphatic heterocycles. The van der Waals surface area contributed by atoms with Crippen LogP contribution in [0.1, 0.15) is 25.8 Å². The molecule has 21 heavy (non-hydrogen) atoms. The summed E-state index contributed by atoms with van der Waals surface area (Å²) >= 11 is 0. The van der Waals surface area contributed by atoms with Gasteiger partial charge in [0.25, 0.3) is 0 Å². The Hall–Kier alpha value is -1.24. The number of hydrogen-bond acceptors (Lipinski definition) is 5. The molecule has 0 spiro atoms. The molecule has 0 atom stereocenters. The van der Waals surface area contributed by atoms with Crippen molar-refractivity contribution in [1.82, 2.24) is 4.98 Å². The highest BCUT2D eigenvalue weighted by atomic mass is 28.4. The molecule has 1 rings (SSSR count). The number of esters is 1. The third kappa shape index (κ3) is 7.36. The fraction of sp³-hybridized carbons (Fsp3) is 0.600. The summed E-state index contributed by atoms with van der Waals surface area (Å²) in [6.45, 7) is 7.72. The van der Waals surface area contributed by atoms with E-state index >= 15 is 0 Å². The van der Waals surface area contributed by atoms with Crippen LogP contribution in [0.2, 0.25) is 12.6 Å². The minimum atomic E-state index is -2.10. The molecule has 0 unspecified atom stereocenters. The van der Waals surface area contributed by atoms with E-state index in [4.69, 9.17) is 13.6 Å². The number of pyridine rings is 1. The molecule has 1 aromatic rings. The molecule has 0 aliphatic rings. The average molecular weight is 311 g/mol. The van der Waals surface area contributed by atoms with Crippen molar-refractivity contribution in [1.29, 1.82) is 0 Å². The van der Waals surface area contributed by atoms with Crippen molar-refractivity contribution < 1.29 is 18.4 Å². The fourth-order valence-corrected chi connectivity index (χ4v) is 4.47. The average Bonchev–Trinajstić information content (AvgIpc) is 2.45. The van der Waals surface area contributed by atoms with E-state index in [0.29, 0.717) is 19.8 Å².